The van der Waals surface area contributed by atoms with Crippen molar-refractivity contribution in [3.05, 3.63) is 59.7 Å². The molecule has 2 aromatic carbocycles. The molecule has 1 N–H and O–H groups in total. The Kier molecular flexibility index (Phi) is 8.54. The zero-order valence-corrected chi connectivity index (χ0v) is 19.8. The summed E-state index contributed by atoms with van der Waals surface area (Å²) < 4.78 is 26.8. The van der Waals surface area contributed by atoms with Gasteiger partial charge in [0.05, 0.1) is 4.90 Å². The van der Waals surface area contributed by atoms with Gasteiger partial charge >= 0.3 is 0 Å². The molecule has 0 aromatic heterocycles. The van der Waals surface area contributed by atoms with Crippen LogP contribution in [0.1, 0.15) is 29.8 Å². The van der Waals surface area contributed by atoms with Gasteiger partial charge < -0.3 is 10.2 Å². The molecule has 8 heteroatoms. The second-order valence-corrected chi connectivity index (χ2v) is 10.6. The van der Waals surface area contributed by atoms with Crippen LogP contribution in [-0.2, 0) is 16.4 Å². The second-order valence-electron chi connectivity index (χ2n) is 7.47. The van der Waals surface area contributed by atoms with Gasteiger partial charge in [-0.3, -0.25) is 4.79 Å². The van der Waals surface area contributed by atoms with Gasteiger partial charge in [-0.25, -0.2) is 8.42 Å². The Bertz CT molecular complexity index is 968. The average Bonchev–Trinajstić information content (AvgIpc) is 2.80. The summed E-state index contributed by atoms with van der Waals surface area (Å²) in [5.41, 5.74) is 2.25. The van der Waals surface area contributed by atoms with E-state index in [2.05, 4.69) is 10.2 Å². The molecular weight excluding hydrogens is 430 g/mol. The number of thioether (sulfide) groups is 1. The third-order valence-electron chi connectivity index (χ3n) is 5.47. The molecule has 0 unspecified atom stereocenters. The third kappa shape index (κ3) is 6.32. The second kappa shape index (κ2) is 11.1. The van der Waals surface area contributed by atoms with Gasteiger partial charge in [0.25, 0.3) is 5.91 Å². The average molecular weight is 462 g/mol. The quantitative estimate of drug-likeness (QED) is 0.618. The molecule has 1 fully saturated rings. The van der Waals surface area contributed by atoms with Gasteiger partial charge in [0.15, 0.2) is 0 Å². The molecule has 168 valence electrons. The van der Waals surface area contributed by atoms with Gasteiger partial charge in [-0.1, -0.05) is 32.0 Å². The van der Waals surface area contributed by atoms with Crippen LogP contribution in [0.2, 0.25) is 0 Å². The smallest absolute Gasteiger partial charge is 0.255 e. The minimum Gasteiger partial charge on any atom is -0.322 e. The maximum Gasteiger partial charge on any atom is 0.255 e. The summed E-state index contributed by atoms with van der Waals surface area (Å²) in [6.07, 6.45) is 0.990. The van der Waals surface area contributed by atoms with E-state index in [4.69, 9.17) is 0 Å². The Hall–Kier alpha value is -1.87. The standard InChI is InChI=1S/C23H31N3O3S2/c1-3-26(4-2)31(28,29)22-7-5-6-20(18-22)23(27)24-21-10-8-19(9-11-21)12-13-25-14-16-30-17-15-25/h5-11,18H,3-4,12-17H2,1-2H3,(H,24,27). The maximum atomic E-state index is 12.7. The summed E-state index contributed by atoms with van der Waals surface area (Å²) in [6, 6.07) is 14.1. The molecule has 1 heterocycles. The Morgan fingerprint density at radius 1 is 1.06 bits per heavy atom. The first-order chi connectivity index (χ1) is 14.9. The van der Waals surface area contributed by atoms with E-state index < -0.39 is 10.0 Å². The van der Waals surface area contributed by atoms with Gasteiger partial charge in [0.1, 0.15) is 0 Å². The lowest BCUT2D eigenvalue weighted by atomic mass is 10.1. The van der Waals surface area contributed by atoms with E-state index in [1.807, 2.05) is 36.0 Å². The van der Waals surface area contributed by atoms with Crippen molar-refractivity contribution in [3.8, 4) is 0 Å². The molecule has 0 atom stereocenters. The number of rotatable bonds is 9. The van der Waals surface area contributed by atoms with Crippen molar-refractivity contribution in [1.29, 1.82) is 0 Å². The first kappa shape index (κ1) is 23.8. The molecule has 31 heavy (non-hydrogen) atoms. The van der Waals surface area contributed by atoms with Crippen LogP contribution >= 0.6 is 11.8 Å². The number of carbonyl (C=O) groups excluding carboxylic acids is 1. The minimum absolute atomic E-state index is 0.135. The fourth-order valence-electron chi connectivity index (χ4n) is 3.58. The SMILES string of the molecule is CCN(CC)S(=O)(=O)c1cccc(C(=O)Nc2ccc(CCN3CCSCC3)cc2)c1. The summed E-state index contributed by atoms with van der Waals surface area (Å²) in [5, 5.41) is 2.87. The lowest BCUT2D eigenvalue weighted by Crippen LogP contribution is -2.34. The molecule has 1 amide bonds. The van der Waals surface area contributed by atoms with E-state index >= 15 is 0 Å². The maximum absolute atomic E-state index is 12.7. The molecule has 6 nitrogen and oxygen atoms in total. The zero-order chi connectivity index (χ0) is 22.3. The molecule has 1 aliphatic heterocycles. The molecule has 2 aromatic rings. The van der Waals surface area contributed by atoms with Crippen molar-refractivity contribution in [1.82, 2.24) is 9.21 Å². The fourth-order valence-corrected chi connectivity index (χ4v) is 6.06. The molecule has 1 saturated heterocycles. The van der Waals surface area contributed by atoms with Crippen LogP contribution < -0.4 is 5.32 Å². The van der Waals surface area contributed by atoms with Gasteiger partial charge in [-0.2, -0.15) is 16.1 Å². The number of nitrogens with zero attached hydrogens (tertiary/aromatic N) is 2. The highest BCUT2D eigenvalue weighted by molar-refractivity contribution is 7.99. The monoisotopic (exact) mass is 461 g/mol. The molecule has 0 aliphatic carbocycles. The predicted octanol–water partition coefficient (Wildman–Crippen LogP) is 3.56. The third-order valence-corrected chi connectivity index (χ3v) is 8.46. The molecule has 0 bridgehead atoms. The van der Waals surface area contributed by atoms with E-state index in [-0.39, 0.29) is 10.8 Å². The summed E-state index contributed by atoms with van der Waals surface area (Å²) in [7, 11) is -3.60. The van der Waals surface area contributed by atoms with Crippen molar-refractivity contribution < 1.29 is 13.2 Å². The Morgan fingerprint density at radius 2 is 1.74 bits per heavy atom. The summed E-state index contributed by atoms with van der Waals surface area (Å²) in [4.78, 5) is 15.3. The lowest BCUT2D eigenvalue weighted by molar-refractivity contribution is 0.102. The van der Waals surface area contributed by atoms with Crippen LogP contribution in [0.3, 0.4) is 0 Å². The van der Waals surface area contributed by atoms with E-state index in [1.54, 1.807) is 26.0 Å². The highest BCUT2D eigenvalue weighted by atomic mass is 32.2. The van der Waals surface area contributed by atoms with Crippen molar-refractivity contribution >= 4 is 33.4 Å². The van der Waals surface area contributed by atoms with Gasteiger partial charge in [0, 0.05) is 55.5 Å². The number of benzene rings is 2. The van der Waals surface area contributed by atoms with Crippen LogP contribution in [0.15, 0.2) is 53.4 Å². The van der Waals surface area contributed by atoms with E-state index in [9.17, 15) is 13.2 Å². The fraction of sp³-hybridized carbons (Fsp3) is 0.435. The van der Waals surface area contributed by atoms with Crippen LogP contribution in [0.25, 0.3) is 0 Å². The molecule has 3 rings (SSSR count). The summed E-state index contributed by atoms with van der Waals surface area (Å²) >= 11 is 2.01. The van der Waals surface area contributed by atoms with E-state index in [0.717, 1.165) is 26.1 Å². The van der Waals surface area contributed by atoms with Crippen molar-refractivity contribution in [2.75, 3.05) is 49.5 Å². The number of sulfonamides is 1. The number of anilines is 1. The highest BCUT2D eigenvalue weighted by Crippen LogP contribution is 2.19. The van der Waals surface area contributed by atoms with Gasteiger partial charge in [-0.15, -0.1) is 0 Å². The van der Waals surface area contributed by atoms with E-state index in [1.165, 1.54) is 33.5 Å². The lowest BCUT2D eigenvalue weighted by Gasteiger charge is -2.26. The number of nitrogens with one attached hydrogen (secondary N) is 1. The first-order valence-electron chi connectivity index (χ1n) is 10.7. The number of hydrogen-bond donors (Lipinski definition) is 1. The Balaban J connectivity index is 1.62. The topological polar surface area (TPSA) is 69.7 Å². The van der Waals surface area contributed by atoms with E-state index in [0.29, 0.717) is 24.3 Å². The summed E-state index contributed by atoms with van der Waals surface area (Å²) in [6.45, 7) is 7.74. The molecule has 0 saturated carbocycles. The number of carbonyl (C=O) groups is 1. The largest absolute Gasteiger partial charge is 0.322 e. The van der Waals surface area contributed by atoms with Crippen molar-refractivity contribution in [3.63, 3.8) is 0 Å². The zero-order valence-electron chi connectivity index (χ0n) is 18.2. The number of hydrogen-bond acceptors (Lipinski definition) is 5. The minimum atomic E-state index is -3.60. The van der Waals surface area contributed by atoms with Crippen LogP contribution in [0.4, 0.5) is 5.69 Å². The number of amides is 1. The van der Waals surface area contributed by atoms with Crippen LogP contribution in [0.5, 0.6) is 0 Å². The molecule has 0 spiro atoms. The molecule has 1 aliphatic rings. The van der Waals surface area contributed by atoms with Crippen molar-refractivity contribution in [2.24, 2.45) is 0 Å². The molecule has 0 radical (unpaired) electrons. The van der Waals surface area contributed by atoms with Gasteiger partial charge in [-0.05, 0) is 42.3 Å². The first-order valence-corrected chi connectivity index (χ1v) is 13.3. The molecular formula is C23H31N3O3S2. The normalized spacial score (nSPS) is 15.2. The summed E-state index contributed by atoms with van der Waals surface area (Å²) in [5.74, 6) is 2.10. The Labute approximate surface area is 190 Å². The Morgan fingerprint density at radius 3 is 2.39 bits per heavy atom. The van der Waals surface area contributed by atoms with Gasteiger partial charge in [0.2, 0.25) is 10.0 Å². The van der Waals surface area contributed by atoms with Crippen molar-refractivity contribution in [2.45, 2.75) is 25.2 Å². The highest BCUT2D eigenvalue weighted by Gasteiger charge is 2.22. The predicted molar refractivity (Wildman–Crippen MR) is 128 cm³/mol. The van der Waals surface area contributed by atoms with Crippen LogP contribution in [0, 0.1) is 0 Å². The van der Waals surface area contributed by atoms with Crippen LogP contribution in [-0.4, -0.2) is 67.8 Å².